The summed E-state index contributed by atoms with van der Waals surface area (Å²) in [4.78, 5) is 0. The van der Waals surface area contributed by atoms with E-state index in [0.29, 0.717) is 12.0 Å². The maximum absolute atomic E-state index is 8.82. The van der Waals surface area contributed by atoms with Crippen molar-refractivity contribution in [2.75, 3.05) is 6.61 Å². The summed E-state index contributed by atoms with van der Waals surface area (Å²) in [7, 11) is 1.95. The van der Waals surface area contributed by atoms with Gasteiger partial charge in [0, 0.05) is 38.0 Å². The monoisotopic (exact) mass is 225 g/mol. The smallest absolute Gasteiger partial charge is 0.0694 e. The zero-order chi connectivity index (χ0) is 12.1. The van der Waals surface area contributed by atoms with Gasteiger partial charge >= 0.3 is 0 Å². The van der Waals surface area contributed by atoms with Gasteiger partial charge in [-0.25, -0.2) is 0 Å². The number of aryl methyl sites for hydroxylation is 1. The molecule has 0 radical (unpaired) electrons. The topological polar surface area (TPSA) is 50.1 Å². The van der Waals surface area contributed by atoms with Gasteiger partial charge in [0.05, 0.1) is 5.69 Å². The number of aromatic nitrogens is 2. The summed E-state index contributed by atoms with van der Waals surface area (Å²) in [5.74, 6) is 0.450. The number of hydrogen-bond acceptors (Lipinski definition) is 3. The molecule has 0 amide bonds. The van der Waals surface area contributed by atoms with Crippen molar-refractivity contribution in [3.05, 3.63) is 17.5 Å². The van der Waals surface area contributed by atoms with E-state index in [2.05, 4.69) is 37.4 Å². The number of rotatable bonds is 6. The van der Waals surface area contributed by atoms with E-state index in [-0.39, 0.29) is 6.61 Å². The van der Waals surface area contributed by atoms with Gasteiger partial charge < -0.3 is 10.4 Å². The predicted octanol–water partition coefficient (Wildman–Crippen LogP) is 1.40. The standard InChI is InChI=1S/C12H23N3O/c1-9(2)12-11(8-15(4)14-12)7-13-10(3)5-6-16/h8-10,13,16H,5-7H2,1-4H3/t10-/m1/s1. The second kappa shape index (κ2) is 6.01. The second-order valence-electron chi connectivity index (χ2n) is 4.66. The quantitative estimate of drug-likeness (QED) is 0.769. The molecule has 0 aliphatic rings. The molecule has 1 heterocycles. The van der Waals surface area contributed by atoms with Crippen LogP contribution in [0.5, 0.6) is 0 Å². The molecule has 92 valence electrons. The van der Waals surface area contributed by atoms with E-state index in [1.807, 2.05) is 11.7 Å². The number of nitrogens with zero attached hydrogens (tertiary/aromatic N) is 2. The van der Waals surface area contributed by atoms with Crippen LogP contribution in [0, 0.1) is 0 Å². The van der Waals surface area contributed by atoms with E-state index in [4.69, 9.17) is 5.11 Å². The summed E-state index contributed by atoms with van der Waals surface area (Å²) in [5, 5.41) is 16.7. The molecule has 0 saturated heterocycles. The molecule has 4 nitrogen and oxygen atoms in total. The largest absolute Gasteiger partial charge is 0.396 e. The minimum atomic E-state index is 0.234. The first kappa shape index (κ1) is 13.2. The van der Waals surface area contributed by atoms with Gasteiger partial charge in [-0.05, 0) is 19.3 Å². The van der Waals surface area contributed by atoms with Gasteiger partial charge in [-0.3, -0.25) is 4.68 Å². The molecule has 0 fully saturated rings. The second-order valence-corrected chi connectivity index (χ2v) is 4.66. The summed E-state index contributed by atoms with van der Waals surface area (Å²) >= 11 is 0. The molecule has 16 heavy (non-hydrogen) atoms. The van der Waals surface area contributed by atoms with Crippen molar-refractivity contribution in [1.29, 1.82) is 0 Å². The number of nitrogens with one attached hydrogen (secondary N) is 1. The van der Waals surface area contributed by atoms with Gasteiger partial charge in [-0.15, -0.1) is 0 Å². The van der Waals surface area contributed by atoms with Crippen molar-refractivity contribution in [3.63, 3.8) is 0 Å². The Morgan fingerprint density at radius 3 is 2.69 bits per heavy atom. The van der Waals surface area contributed by atoms with Crippen LogP contribution in [0.4, 0.5) is 0 Å². The van der Waals surface area contributed by atoms with Crippen LogP contribution >= 0.6 is 0 Å². The number of aliphatic hydroxyl groups is 1. The predicted molar refractivity (Wildman–Crippen MR) is 65.3 cm³/mol. The van der Waals surface area contributed by atoms with Crippen LogP contribution in [0.2, 0.25) is 0 Å². The third-order valence-corrected chi connectivity index (χ3v) is 2.69. The first-order valence-electron chi connectivity index (χ1n) is 5.91. The van der Waals surface area contributed by atoms with Crippen LogP contribution in [0.3, 0.4) is 0 Å². The van der Waals surface area contributed by atoms with Gasteiger partial charge in [0.2, 0.25) is 0 Å². The Morgan fingerprint density at radius 2 is 2.12 bits per heavy atom. The van der Waals surface area contributed by atoms with Crippen LogP contribution in [-0.2, 0) is 13.6 Å². The molecule has 0 spiro atoms. The van der Waals surface area contributed by atoms with E-state index in [0.717, 1.165) is 18.7 Å². The zero-order valence-corrected chi connectivity index (χ0v) is 10.7. The lowest BCUT2D eigenvalue weighted by Gasteiger charge is -2.12. The van der Waals surface area contributed by atoms with Crippen LogP contribution < -0.4 is 5.32 Å². The minimum Gasteiger partial charge on any atom is -0.396 e. The minimum absolute atomic E-state index is 0.234. The van der Waals surface area contributed by atoms with Gasteiger partial charge in [0.15, 0.2) is 0 Å². The molecule has 2 N–H and O–H groups in total. The fraction of sp³-hybridized carbons (Fsp3) is 0.750. The highest BCUT2D eigenvalue weighted by atomic mass is 16.3. The fourth-order valence-electron chi connectivity index (χ4n) is 1.76. The number of aliphatic hydroxyl groups excluding tert-OH is 1. The lowest BCUT2D eigenvalue weighted by atomic mass is 10.1. The molecule has 1 aromatic rings. The highest BCUT2D eigenvalue weighted by Crippen LogP contribution is 2.17. The van der Waals surface area contributed by atoms with Crippen molar-refractivity contribution in [1.82, 2.24) is 15.1 Å². The van der Waals surface area contributed by atoms with E-state index >= 15 is 0 Å². The summed E-state index contributed by atoms with van der Waals surface area (Å²) in [6.07, 6.45) is 2.85. The summed E-state index contributed by atoms with van der Waals surface area (Å²) in [5.41, 5.74) is 2.41. The summed E-state index contributed by atoms with van der Waals surface area (Å²) < 4.78 is 1.86. The average Bonchev–Trinajstić information content (AvgIpc) is 2.57. The van der Waals surface area contributed by atoms with Crippen LogP contribution in [-0.4, -0.2) is 27.5 Å². The molecule has 0 unspecified atom stereocenters. The van der Waals surface area contributed by atoms with E-state index in [9.17, 15) is 0 Å². The average molecular weight is 225 g/mol. The van der Waals surface area contributed by atoms with E-state index in [1.165, 1.54) is 5.56 Å². The fourth-order valence-corrected chi connectivity index (χ4v) is 1.76. The van der Waals surface area contributed by atoms with Crippen LogP contribution in [0.25, 0.3) is 0 Å². The van der Waals surface area contributed by atoms with Crippen molar-refractivity contribution in [2.24, 2.45) is 7.05 Å². The molecule has 1 rings (SSSR count). The highest BCUT2D eigenvalue weighted by molar-refractivity contribution is 5.20. The van der Waals surface area contributed by atoms with Crippen molar-refractivity contribution >= 4 is 0 Å². The number of hydrogen-bond donors (Lipinski definition) is 2. The van der Waals surface area contributed by atoms with Crippen LogP contribution in [0.1, 0.15) is 44.4 Å². The lowest BCUT2D eigenvalue weighted by molar-refractivity contribution is 0.268. The Kier molecular flexibility index (Phi) is 4.96. The van der Waals surface area contributed by atoms with Gasteiger partial charge in [0.25, 0.3) is 0 Å². The van der Waals surface area contributed by atoms with E-state index in [1.54, 1.807) is 0 Å². The van der Waals surface area contributed by atoms with Crippen molar-refractivity contribution in [2.45, 2.75) is 45.7 Å². The Balaban J connectivity index is 2.59. The molecule has 0 aromatic carbocycles. The maximum atomic E-state index is 8.82. The third kappa shape index (κ3) is 3.61. The molecule has 0 saturated carbocycles. The van der Waals surface area contributed by atoms with Gasteiger partial charge in [-0.1, -0.05) is 13.8 Å². The van der Waals surface area contributed by atoms with Crippen molar-refractivity contribution < 1.29 is 5.11 Å². The summed E-state index contributed by atoms with van der Waals surface area (Å²) in [6.45, 7) is 7.45. The van der Waals surface area contributed by atoms with Crippen molar-refractivity contribution in [3.8, 4) is 0 Å². The maximum Gasteiger partial charge on any atom is 0.0694 e. The molecule has 1 atom stereocenters. The molecular formula is C12H23N3O. The molecule has 0 aliphatic carbocycles. The molecule has 1 aromatic heterocycles. The lowest BCUT2D eigenvalue weighted by Crippen LogP contribution is -2.26. The Bertz CT molecular complexity index is 320. The Hall–Kier alpha value is -0.870. The zero-order valence-electron chi connectivity index (χ0n) is 10.7. The summed E-state index contributed by atoms with van der Waals surface area (Å²) in [6, 6.07) is 0.338. The molecule has 0 bridgehead atoms. The normalized spacial score (nSPS) is 13.4. The molecular weight excluding hydrogens is 202 g/mol. The van der Waals surface area contributed by atoms with E-state index < -0.39 is 0 Å². The molecule has 4 heteroatoms. The van der Waals surface area contributed by atoms with Crippen LogP contribution in [0.15, 0.2) is 6.20 Å². The van der Waals surface area contributed by atoms with Gasteiger partial charge in [0.1, 0.15) is 0 Å². The highest BCUT2D eigenvalue weighted by Gasteiger charge is 2.11. The Labute approximate surface area is 97.7 Å². The molecule has 0 aliphatic heterocycles. The first-order valence-corrected chi connectivity index (χ1v) is 5.91. The third-order valence-electron chi connectivity index (χ3n) is 2.69. The first-order chi connectivity index (χ1) is 7.54. The SMILES string of the molecule is CC(C)c1nn(C)cc1CN[C@H](C)CCO. The van der Waals surface area contributed by atoms with Gasteiger partial charge in [-0.2, -0.15) is 5.10 Å². The Morgan fingerprint density at radius 1 is 1.44 bits per heavy atom.